The summed E-state index contributed by atoms with van der Waals surface area (Å²) in [4.78, 5) is 3.92. The second-order valence-electron chi connectivity index (χ2n) is 2.16. The van der Waals surface area contributed by atoms with Gasteiger partial charge in [0, 0.05) is 6.42 Å². The Kier molecular flexibility index (Phi) is 1.69. The molecule has 4 heteroatoms. The van der Waals surface area contributed by atoms with Crippen molar-refractivity contribution in [3.05, 3.63) is 34.6 Å². The maximum Gasteiger partial charge on any atom is 0.213 e. The number of nitrogens with zero attached hydrogens (tertiary/aromatic N) is 2. The van der Waals surface area contributed by atoms with Crippen molar-refractivity contribution in [2.24, 2.45) is 0 Å². The monoisotopic (exact) mass is 166 g/mol. The van der Waals surface area contributed by atoms with Gasteiger partial charge in [-0.05, 0) is 22.4 Å². The summed E-state index contributed by atoms with van der Waals surface area (Å²) in [7, 11) is 0. The smallest absolute Gasteiger partial charge is 0.213 e. The molecule has 0 spiro atoms. The molecule has 11 heavy (non-hydrogen) atoms. The van der Waals surface area contributed by atoms with Crippen molar-refractivity contribution in [1.82, 2.24) is 10.1 Å². The molecule has 0 atom stereocenters. The molecular formula is C7H6N2OS. The van der Waals surface area contributed by atoms with Gasteiger partial charge in [0.15, 0.2) is 5.82 Å². The average Bonchev–Trinajstić information content (AvgIpc) is 2.60. The number of thiophene rings is 1. The second kappa shape index (κ2) is 2.84. The maximum atomic E-state index is 4.61. The molecular weight excluding hydrogens is 160 g/mol. The molecule has 0 saturated heterocycles. The minimum absolute atomic E-state index is 0.739. The molecule has 0 aliphatic heterocycles. The summed E-state index contributed by atoms with van der Waals surface area (Å²) in [5.41, 5.74) is 1.23. The molecule has 2 aromatic heterocycles. The molecule has 2 aromatic rings. The van der Waals surface area contributed by atoms with Crippen molar-refractivity contribution in [1.29, 1.82) is 0 Å². The van der Waals surface area contributed by atoms with Crippen molar-refractivity contribution < 1.29 is 4.52 Å². The SMILES string of the molecule is c1nc(Cc2ccsc2)no1. The van der Waals surface area contributed by atoms with Crippen LogP contribution in [0.5, 0.6) is 0 Å². The Hall–Kier alpha value is -1.16. The zero-order chi connectivity index (χ0) is 7.52. The molecule has 0 N–H and O–H groups in total. The van der Waals surface area contributed by atoms with Crippen LogP contribution in [-0.2, 0) is 6.42 Å². The van der Waals surface area contributed by atoms with Crippen LogP contribution in [0.1, 0.15) is 11.4 Å². The van der Waals surface area contributed by atoms with Crippen LogP contribution in [0, 0.1) is 0 Å². The predicted molar refractivity (Wildman–Crippen MR) is 41.4 cm³/mol. The predicted octanol–water partition coefficient (Wildman–Crippen LogP) is 1.72. The highest BCUT2D eigenvalue weighted by Crippen LogP contribution is 2.09. The van der Waals surface area contributed by atoms with E-state index in [0.717, 1.165) is 12.2 Å². The highest BCUT2D eigenvalue weighted by atomic mass is 32.1. The fourth-order valence-electron chi connectivity index (χ4n) is 0.846. The van der Waals surface area contributed by atoms with Crippen LogP contribution in [0.15, 0.2) is 27.7 Å². The van der Waals surface area contributed by atoms with E-state index in [1.165, 1.54) is 12.0 Å². The van der Waals surface area contributed by atoms with E-state index in [-0.39, 0.29) is 0 Å². The lowest BCUT2D eigenvalue weighted by molar-refractivity contribution is 0.411. The lowest BCUT2D eigenvalue weighted by atomic mass is 10.2. The zero-order valence-electron chi connectivity index (χ0n) is 5.73. The van der Waals surface area contributed by atoms with Crippen LogP contribution < -0.4 is 0 Å². The Morgan fingerprint density at radius 3 is 3.18 bits per heavy atom. The topological polar surface area (TPSA) is 38.9 Å². The van der Waals surface area contributed by atoms with Gasteiger partial charge in [0.2, 0.25) is 6.39 Å². The van der Waals surface area contributed by atoms with Gasteiger partial charge < -0.3 is 4.52 Å². The Balaban J connectivity index is 2.14. The van der Waals surface area contributed by atoms with Gasteiger partial charge >= 0.3 is 0 Å². The molecule has 0 saturated carbocycles. The first-order valence-electron chi connectivity index (χ1n) is 3.21. The molecule has 2 rings (SSSR count). The summed E-state index contributed by atoms with van der Waals surface area (Å²) < 4.78 is 4.61. The third-order valence-electron chi connectivity index (χ3n) is 1.35. The van der Waals surface area contributed by atoms with Crippen LogP contribution in [0.25, 0.3) is 0 Å². The molecule has 0 fully saturated rings. The van der Waals surface area contributed by atoms with E-state index in [0.29, 0.717) is 0 Å². The van der Waals surface area contributed by atoms with Crippen LogP contribution >= 0.6 is 11.3 Å². The molecule has 0 aromatic carbocycles. The minimum Gasteiger partial charge on any atom is -0.343 e. The quantitative estimate of drug-likeness (QED) is 0.681. The summed E-state index contributed by atoms with van der Waals surface area (Å²) in [6, 6.07) is 2.06. The Morgan fingerprint density at radius 2 is 2.55 bits per heavy atom. The van der Waals surface area contributed by atoms with Gasteiger partial charge in [0.1, 0.15) is 0 Å². The van der Waals surface area contributed by atoms with Crippen molar-refractivity contribution >= 4 is 11.3 Å². The molecule has 0 amide bonds. The first-order valence-corrected chi connectivity index (χ1v) is 4.16. The summed E-state index contributed by atoms with van der Waals surface area (Å²) in [6.45, 7) is 0. The Morgan fingerprint density at radius 1 is 1.55 bits per heavy atom. The fraction of sp³-hybridized carbons (Fsp3) is 0.143. The van der Waals surface area contributed by atoms with Crippen molar-refractivity contribution in [2.75, 3.05) is 0 Å². The zero-order valence-corrected chi connectivity index (χ0v) is 6.54. The van der Waals surface area contributed by atoms with Gasteiger partial charge in [-0.25, -0.2) is 0 Å². The first-order chi connectivity index (χ1) is 5.45. The minimum atomic E-state index is 0.739. The van der Waals surface area contributed by atoms with E-state index in [4.69, 9.17) is 0 Å². The summed E-state index contributed by atoms with van der Waals surface area (Å²) in [6.07, 6.45) is 2.11. The van der Waals surface area contributed by atoms with E-state index < -0.39 is 0 Å². The van der Waals surface area contributed by atoms with E-state index >= 15 is 0 Å². The summed E-state index contributed by atoms with van der Waals surface area (Å²) >= 11 is 1.68. The molecule has 3 nitrogen and oxygen atoms in total. The molecule has 56 valence electrons. The Labute approximate surface area is 67.7 Å². The molecule has 0 aliphatic rings. The standard InChI is InChI=1S/C7H6N2OS/c1-2-11-4-6(1)3-7-8-5-10-9-7/h1-2,4-5H,3H2. The normalized spacial score (nSPS) is 10.2. The van der Waals surface area contributed by atoms with Gasteiger partial charge in [-0.3, -0.25) is 0 Å². The van der Waals surface area contributed by atoms with Crippen LogP contribution in [0.2, 0.25) is 0 Å². The van der Waals surface area contributed by atoms with Crippen molar-refractivity contribution in [3.8, 4) is 0 Å². The van der Waals surface area contributed by atoms with Gasteiger partial charge in [-0.2, -0.15) is 16.3 Å². The van der Waals surface area contributed by atoms with Crippen molar-refractivity contribution in [3.63, 3.8) is 0 Å². The van der Waals surface area contributed by atoms with E-state index in [2.05, 4.69) is 26.1 Å². The van der Waals surface area contributed by atoms with Crippen LogP contribution in [-0.4, -0.2) is 10.1 Å². The van der Waals surface area contributed by atoms with E-state index in [9.17, 15) is 0 Å². The third-order valence-corrected chi connectivity index (χ3v) is 2.08. The van der Waals surface area contributed by atoms with Crippen LogP contribution in [0.3, 0.4) is 0 Å². The van der Waals surface area contributed by atoms with E-state index in [1.807, 2.05) is 5.38 Å². The number of hydrogen-bond acceptors (Lipinski definition) is 4. The number of hydrogen-bond donors (Lipinski definition) is 0. The van der Waals surface area contributed by atoms with Crippen molar-refractivity contribution in [2.45, 2.75) is 6.42 Å². The van der Waals surface area contributed by atoms with Gasteiger partial charge in [-0.15, -0.1) is 0 Å². The summed E-state index contributed by atoms with van der Waals surface area (Å²) in [5, 5.41) is 7.83. The molecule has 0 aliphatic carbocycles. The lowest BCUT2D eigenvalue weighted by Crippen LogP contribution is -1.86. The molecule has 2 heterocycles. The van der Waals surface area contributed by atoms with Gasteiger partial charge in [0.25, 0.3) is 0 Å². The highest BCUT2D eigenvalue weighted by molar-refractivity contribution is 7.07. The fourth-order valence-corrected chi connectivity index (χ4v) is 1.51. The second-order valence-corrected chi connectivity index (χ2v) is 2.94. The third kappa shape index (κ3) is 1.46. The molecule has 0 unspecified atom stereocenters. The maximum absolute atomic E-state index is 4.61. The molecule has 0 radical (unpaired) electrons. The largest absolute Gasteiger partial charge is 0.343 e. The first kappa shape index (κ1) is 6.54. The van der Waals surface area contributed by atoms with Crippen LogP contribution in [0.4, 0.5) is 0 Å². The lowest BCUT2D eigenvalue weighted by Gasteiger charge is -1.86. The van der Waals surface area contributed by atoms with Gasteiger partial charge in [-0.1, -0.05) is 5.16 Å². The van der Waals surface area contributed by atoms with E-state index in [1.54, 1.807) is 11.3 Å². The number of rotatable bonds is 2. The average molecular weight is 166 g/mol. The number of aromatic nitrogens is 2. The summed E-state index contributed by atoms with van der Waals surface area (Å²) in [5.74, 6) is 0.739. The highest BCUT2D eigenvalue weighted by Gasteiger charge is 1.99. The van der Waals surface area contributed by atoms with Gasteiger partial charge in [0.05, 0.1) is 0 Å². The Bertz CT molecular complexity index is 269. The molecule has 0 bridgehead atoms.